The van der Waals surface area contributed by atoms with E-state index in [0.29, 0.717) is 6.10 Å². The Morgan fingerprint density at radius 3 is 3.17 bits per heavy atom. The largest absolute Gasteiger partial charge is 0.494 e. The summed E-state index contributed by atoms with van der Waals surface area (Å²) in [7, 11) is 0. The van der Waals surface area contributed by atoms with Gasteiger partial charge in [-0.3, -0.25) is 5.84 Å². The average Bonchev–Trinajstić information content (AvgIpc) is 2.03. The number of rotatable bonds is 0. The van der Waals surface area contributed by atoms with Crippen molar-refractivity contribution in [3.8, 4) is 0 Å². The summed E-state index contributed by atoms with van der Waals surface area (Å²) in [6, 6.07) is 0. The Bertz CT molecular complexity index is 193. The first-order valence-corrected chi connectivity index (χ1v) is 4.63. The third-order valence-electron chi connectivity index (χ3n) is 2.64. The van der Waals surface area contributed by atoms with Crippen molar-refractivity contribution < 1.29 is 4.74 Å². The summed E-state index contributed by atoms with van der Waals surface area (Å²) in [5.41, 5.74) is 1.50. The predicted octanol–water partition coefficient (Wildman–Crippen LogP) is 1.02. The molecule has 0 bridgehead atoms. The lowest BCUT2D eigenvalue weighted by molar-refractivity contribution is 0.0735. The molecular weight excluding hydrogens is 152 g/mol. The lowest BCUT2D eigenvalue weighted by Gasteiger charge is -2.33. The number of nitrogens with two attached hydrogens (primary N) is 1. The van der Waals surface area contributed by atoms with Crippen molar-refractivity contribution in [1.29, 1.82) is 0 Å². The van der Waals surface area contributed by atoms with Crippen molar-refractivity contribution in [2.75, 3.05) is 13.1 Å². The van der Waals surface area contributed by atoms with E-state index in [1.165, 1.54) is 18.4 Å². The Balaban J connectivity index is 2.11. The van der Waals surface area contributed by atoms with Crippen LogP contribution in [0.5, 0.6) is 0 Å². The molecule has 0 saturated heterocycles. The zero-order chi connectivity index (χ0) is 8.55. The van der Waals surface area contributed by atoms with Crippen LogP contribution in [0.1, 0.15) is 26.2 Å². The molecule has 3 nitrogen and oxygen atoms in total. The van der Waals surface area contributed by atoms with Gasteiger partial charge in [0.15, 0.2) is 0 Å². The second-order valence-corrected chi connectivity index (χ2v) is 3.71. The van der Waals surface area contributed by atoms with Gasteiger partial charge in [-0.15, -0.1) is 0 Å². The van der Waals surface area contributed by atoms with Crippen LogP contribution < -0.4 is 5.84 Å². The number of hydrogen-bond donors (Lipinski definition) is 1. The number of hydrogen-bond acceptors (Lipinski definition) is 3. The van der Waals surface area contributed by atoms with Crippen molar-refractivity contribution in [1.82, 2.24) is 5.01 Å². The quantitative estimate of drug-likeness (QED) is 0.549. The van der Waals surface area contributed by atoms with Crippen LogP contribution in [0.4, 0.5) is 0 Å². The van der Waals surface area contributed by atoms with Crippen LogP contribution in [-0.4, -0.2) is 24.2 Å². The minimum Gasteiger partial charge on any atom is -0.494 e. The van der Waals surface area contributed by atoms with Crippen molar-refractivity contribution >= 4 is 0 Å². The van der Waals surface area contributed by atoms with E-state index in [0.717, 1.165) is 25.3 Å². The molecule has 0 aromatic carbocycles. The molecule has 2 aliphatic heterocycles. The number of ether oxygens (including phenoxy) is 1. The molecule has 2 rings (SSSR count). The maximum absolute atomic E-state index is 5.72. The van der Waals surface area contributed by atoms with Gasteiger partial charge >= 0.3 is 0 Å². The molecule has 12 heavy (non-hydrogen) atoms. The second kappa shape index (κ2) is 3.07. The molecule has 0 amide bonds. The maximum Gasteiger partial charge on any atom is 0.111 e. The van der Waals surface area contributed by atoms with Gasteiger partial charge in [-0.1, -0.05) is 0 Å². The standard InChI is InChI=1S/C9H16N2O/c1-7-2-3-8-4-5-11(10)6-9(8)12-7/h7H,2-6,10H2,1H3. The Morgan fingerprint density at radius 2 is 2.33 bits per heavy atom. The summed E-state index contributed by atoms with van der Waals surface area (Å²) in [5.74, 6) is 6.85. The molecule has 0 aromatic rings. The summed E-state index contributed by atoms with van der Waals surface area (Å²) >= 11 is 0. The highest BCUT2D eigenvalue weighted by Gasteiger charge is 2.23. The average molecular weight is 168 g/mol. The molecule has 0 saturated carbocycles. The molecule has 0 aromatic heterocycles. The van der Waals surface area contributed by atoms with Gasteiger partial charge in [0.25, 0.3) is 0 Å². The maximum atomic E-state index is 5.72. The van der Waals surface area contributed by atoms with Crippen molar-refractivity contribution in [2.45, 2.75) is 32.3 Å². The van der Waals surface area contributed by atoms with Crippen LogP contribution in [0.15, 0.2) is 11.3 Å². The monoisotopic (exact) mass is 168 g/mol. The molecule has 3 heteroatoms. The van der Waals surface area contributed by atoms with E-state index in [1.807, 2.05) is 5.01 Å². The number of hydrazine groups is 1. The van der Waals surface area contributed by atoms with E-state index in [-0.39, 0.29) is 0 Å². The Morgan fingerprint density at radius 1 is 1.50 bits per heavy atom. The topological polar surface area (TPSA) is 38.5 Å². The van der Waals surface area contributed by atoms with Gasteiger partial charge in [0.2, 0.25) is 0 Å². The van der Waals surface area contributed by atoms with E-state index in [4.69, 9.17) is 10.6 Å². The van der Waals surface area contributed by atoms with Crippen LogP contribution in [0, 0.1) is 0 Å². The molecule has 1 atom stereocenters. The van der Waals surface area contributed by atoms with Gasteiger partial charge in [0, 0.05) is 6.54 Å². The fourth-order valence-corrected chi connectivity index (χ4v) is 1.86. The van der Waals surface area contributed by atoms with Gasteiger partial charge in [-0.25, -0.2) is 5.01 Å². The van der Waals surface area contributed by atoms with E-state index in [9.17, 15) is 0 Å². The summed E-state index contributed by atoms with van der Waals surface area (Å²) in [4.78, 5) is 0. The minimum absolute atomic E-state index is 0.384. The summed E-state index contributed by atoms with van der Waals surface area (Å²) in [6.45, 7) is 3.91. The highest BCUT2D eigenvalue weighted by molar-refractivity contribution is 5.16. The molecule has 0 spiro atoms. The van der Waals surface area contributed by atoms with Gasteiger partial charge in [0.1, 0.15) is 5.76 Å². The normalized spacial score (nSPS) is 31.3. The third kappa shape index (κ3) is 1.47. The zero-order valence-corrected chi connectivity index (χ0v) is 7.55. The fourth-order valence-electron chi connectivity index (χ4n) is 1.86. The predicted molar refractivity (Wildman–Crippen MR) is 47.2 cm³/mol. The van der Waals surface area contributed by atoms with Crippen molar-refractivity contribution in [2.24, 2.45) is 5.84 Å². The van der Waals surface area contributed by atoms with E-state index >= 15 is 0 Å². The molecule has 1 unspecified atom stereocenters. The summed E-state index contributed by atoms with van der Waals surface area (Å²) < 4.78 is 5.72. The molecule has 0 fully saturated rings. The molecule has 0 aliphatic carbocycles. The van der Waals surface area contributed by atoms with Gasteiger partial charge in [-0.2, -0.15) is 0 Å². The summed E-state index contributed by atoms with van der Waals surface area (Å²) in [6.07, 6.45) is 3.86. The lowest BCUT2D eigenvalue weighted by atomic mass is 9.98. The lowest BCUT2D eigenvalue weighted by Crippen LogP contribution is -2.39. The molecule has 2 aliphatic rings. The Kier molecular flexibility index (Phi) is 2.07. The minimum atomic E-state index is 0.384. The van der Waals surface area contributed by atoms with Gasteiger partial charge in [0.05, 0.1) is 12.6 Å². The highest BCUT2D eigenvalue weighted by Crippen LogP contribution is 2.28. The Labute approximate surface area is 73.1 Å². The second-order valence-electron chi connectivity index (χ2n) is 3.71. The van der Waals surface area contributed by atoms with Crippen LogP contribution in [0.2, 0.25) is 0 Å². The molecule has 0 radical (unpaired) electrons. The molecule has 2 N–H and O–H groups in total. The molecule has 2 heterocycles. The van der Waals surface area contributed by atoms with Crippen molar-refractivity contribution in [3.63, 3.8) is 0 Å². The third-order valence-corrected chi connectivity index (χ3v) is 2.64. The van der Waals surface area contributed by atoms with E-state index in [1.54, 1.807) is 0 Å². The summed E-state index contributed by atoms with van der Waals surface area (Å²) in [5, 5.41) is 1.83. The smallest absolute Gasteiger partial charge is 0.111 e. The SMILES string of the molecule is CC1CCC2=C(CN(N)CC2)O1. The Hall–Kier alpha value is -0.540. The van der Waals surface area contributed by atoms with Crippen LogP contribution in [0.25, 0.3) is 0 Å². The highest BCUT2D eigenvalue weighted by atomic mass is 16.5. The van der Waals surface area contributed by atoms with Crippen LogP contribution in [-0.2, 0) is 4.74 Å². The first kappa shape index (κ1) is 8.08. The fraction of sp³-hybridized carbons (Fsp3) is 0.778. The van der Waals surface area contributed by atoms with Gasteiger partial charge < -0.3 is 4.74 Å². The van der Waals surface area contributed by atoms with E-state index in [2.05, 4.69) is 6.92 Å². The zero-order valence-electron chi connectivity index (χ0n) is 7.55. The van der Waals surface area contributed by atoms with Gasteiger partial charge in [-0.05, 0) is 31.8 Å². The number of nitrogens with zero attached hydrogens (tertiary/aromatic N) is 1. The van der Waals surface area contributed by atoms with Crippen LogP contribution in [0.3, 0.4) is 0 Å². The first-order chi connectivity index (χ1) is 5.75. The molecule has 68 valence electrons. The van der Waals surface area contributed by atoms with E-state index < -0.39 is 0 Å². The first-order valence-electron chi connectivity index (χ1n) is 4.63. The molecular formula is C9H16N2O. The van der Waals surface area contributed by atoms with Crippen LogP contribution >= 0.6 is 0 Å². The van der Waals surface area contributed by atoms with Crippen molar-refractivity contribution in [3.05, 3.63) is 11.3 Å².